The molecular formula is C27H40N4O5. The van der Waals surface area contributed by atoms with Crippen LogP contribution in [-0.4, -0.2) is 52.1 Å². The van der Waals surface area contributed by atoms with E-state index < -0.39 is 35.6 Å². The first kappa shape index (κ1) is 29.0. The highest BCUT2D eigenvalue weighted by Crippen LogP contribution is 2.28. The number of benzene rings is 1. The number of rotatable bonds is 9. The number of nitriles is 1. The smallest absolute Gasteiger partial charge is 0.408 e. The molecule has 3 N–H and O–H groups in total. The van der Waals surface area contributed by atoms with Crippen molar-refractivity contribution in [3.05, 3.63) is 29.8 Å². The van der Waals surface area contributed by atoms with Gasteiger partial charge in [-0.15, -0.1) is 0 Å². The third-order valence-electron chi connectivity index (χ3n) is 6.37. The van der Waals surface area contributed by atoms with Gasteiger partial charge in [0.15, 0.2) is 0 Å². The molecule has 0 heterocycles. The number of aromatic hydroxyl groups is 1. The van der Waals surface area contributed by atoms with Crippen molar-refractivity contribution in [1.82, 2.24) is 15.5 Å². The monoisotopic (exact) mass is 500 g/mol. The van der Waals surface area contributed by atoms with Crippen molar-refractivity contribution in [2.75, 3.05) is 6.54 Å². The highest BCUT2D eigenvalue weighted by atomic mass is 16.6. The van der Waals surface area contributed by atoms with Crippen molar-refractivity contribution < 1.29 is 24.2 Å². The molecular weight excluding hydrogens is 460 g/mol. The quantitative estimate of drug-likeness (QED) is 0.436. The van der Waals surface area contributed by atoms with E-state index in [0.29, 0.717) is 12.0 Å². The van der Waals surface area contributed by atoms with Crippen LogP contribution in [0.5, 0.6) is 5.75 Å². The zero-order valence-corrected chi connectivity index (χ0v) is 22.0. The highest BCUT2D eigenvalue weighted by molar-refractivity contribution is 5.92. The summed E-state index contributed by atoms with van der Waals surface area (Å²) >= 11 is 0. The molecule has 0 saturated heterocycles. The summed E-state index contributed by atoms with van der Waals surface area (Å²) in [6.07, 6.45) is 4.66. The number of nitrogens with zero attached hydrogens (tertiary/aromatic N) is 2. The Morgan fingerprint density at radius 2 is 1.89 bits per heavy atom. The van der Waals surface area contributed by atoms with E-state index in [-0.39, 0.29) is 24.3 Å². The number of hydrogen-bond acceptors (Lipinski definition) is 6. The minimum Gasteiger partial charge on any atom is -0.508 e. The molecule has 0 aliphatic heterocycles. The fraction of sp³-hybridized carbons (Fsp3) is 0.630. The van der Waals surface area contributed by atoms with Crippen molar-refractivity contribution in [2.45, 2.75) is 96.9 Å². The van der Waals surface area contributed by atoms with Gasteiger partial charge >= 0.3 is 6.09 Å². The summed E-state index contributed by atoms with van der Waals surface area (Å²) in [6.45, 7) is 8.50. The molecule has 1 saturated carbocycles. The Hall–Kier alpha value is -3.28. The van der Waals surface area contributed by atoms with E-state index in [2.05, 4.69) is 10.6 Å². The fourth-order valence-corrected chi connectivity index (χ4v) is 4.36. The van der Waals surface area contributed by atoms with E-state index in [1.54, 1.807) is 32.9 Å². The maximum atomic E-state index is 13.9. The van der Waals surface area contributed by atoms with E-state index in [0.717, 1.165) is 32.1 Å². The van der Waals surface area contributed by atoms with Gasteiger partial charge in [-0.05, 0) is 57.2 Å². The Morgan fingerprint density at radius 3 is 2.44 bits per heavy atom. The predicted octanol–water partition coefficient (Wildman–Crippen LogP) is 4.17. The van der Waals surface area contributed by atoms with Crippen LogP contribution in [0, 0.1) is 17.2 Å². The van der Waals surface area contributed by atoms with Crippen LogP contribution >= 0.6 is 0 Å². The van der Waals surface area contributed by atoms with E-state index in [1.165, 1.54) is 17.0 Å². The topological polar surface area (TPSA) is 132 Å². The van der Waals surface area contributed by atoms with Crippen LogP contribution in [-0.2, 0) is 14.3 Å². The highest BCUT2D eigenvalue weighted by Gasteiger charge is 2.38. The van der Waals surface area contributed by atoms with Crippen molar-refractivity contribution in [3.8, 4) is 11.8 Å². The lowest BCUT2D eigenvalue weighted by Gasteiger charge is -2.35. The molecule has 36 heavy (non-hydrogen) atoms. The third kappa shape index (κ3) is 8.43. The third-order valence-corrected chi connectivity index (χ3v) is 6.37. The summed E-state index contributed by atoms with van der Waals surface area (Å²) in [7, 11) is 0. The van der Waals surface area contributed by atoms with Crippen molar-refractivity contribution >= 4 is 17.9 Å². The molecule has 3 amide bonds. The second-order valence-electron chi connectivity index (χ2n) is 10.5. The normalized spacial score (nSPS) is 16.7. The van der Waals surface area contributed by atoms with Crippen LogP contribution in [0.15, 0.2) is 24.3 Å². The van der Waals surface area contributed by atoms with Crippen LogP contribution in [0.3, 0.4) is 0 Å². The van der Waals surface area contributed by atoms with Crippen molar-refractivity contribution in [2.24, 2.45) is 5.92 Å². The molecule has 0 aromatic heterocycles. The molecule has 2 rings (SSSR count). The number of alkyl carbamates (subject to hydrolysis) is 1. The lowest BCUT2D eigenvalue weighted by atomic mass is 9.93. The zero-order chi connectivity index (χ0) is 26.9. The molecule has 9 nitrogen and oxygen atoms in total. The molecule has 9 heteroatoms. The fourth-order valence-electron chi connectivity index (χ4n) is 4.36. The molecule has 1 aromatic rings. The Morgan fingerprint density at radius 1 is 1.22 bits per heavy atom. The van der Waals surface area contributed by atoms with E-state index in [4.69, 9.17) is 4.74 Å². The van der Waals surface area contributed by atoms with Crippen LogP contribution in [0.4, 0.5) is 4.79 Å². The van der Waals surface area contributed by atoms with E-state index in [1.807, 2.05) is 19.9 Å². The second-order valence-corrected chi connectivity index (χ2v) is 10.5. The number of ether oxygens (including phenoxy) is 1. The van der Waals surface area contributed by atoms with E-state index >= 15 is 0 Å². The zero-order valence-electron chi connectivity index (χ0n) is 22.0. The van der Waals surface area contributed by atoms with Gasteiger partial charge in [-0.25, -0.2) is 4.79 Å². The molecule has 198 valence electrons. The Kier molecular flexibility index (Phi) is 10.6. The minimum atomic E-state index is -1.15. The van der Waals surface area contributed by atoms with Crippen LogP contribution in [0.2, 0.25) is 0 Å². The summed E-state index contributed by atoms with van der Waals surface area (Å²) in [4.78, 5) is 41.3. The van der Waals surface area contributed by atoms with Crippen LogP contribution in [0.1, 0.15) is 84.7 Å². The van der Waals surface area contributed by atoms with Crippen LogP contribution in [0.25, 0.3) is 0 Å². The number of carbonyl (C=O) groups excluding carboxylic acids is 3. The SMILES string of the molecule is CCC(C)C(NC(=O)OC(C)(C)C)C(=O)N(CC#N)C(C(=O)NC1CCCCC1)c1cccc(O)c1. The summed E-state index contributed by atoms with van der Waals surface area (Å²) < 4.78 is 5.36. The molecule has 1 aliphatic carbocycles. The maximum Gasteiger partial charge on any atom is 0.408 e. The average Bonchev–Trinajstić information content (AvgIpc) is 2.81. The second kappa shape index (κ2) is 13.1. The summed E-state index contributed by atoms with van der Waals surface area (Å²) in [5.41, 5.74) is -0.379. The van der Waals surface area contributed by atoms with Crippen molar-refractivity contribution in [1.29, 1.82) is 5.26 Å². The number of phenolic OH excluding ortho intramolecular Hbond substituents is 1. The van der Waals surface area contributed by atoms with Gasteiger partial charge in [0.05, 0.1) is 6.07 Å². The first-order valence-corrected chi connectivity index (χ1v) is 12.7. The Bertz CT molecular complexity index is 946. The molecule has 3 unspecified atom stereocenters. The van der Waals surface area contributed by atoms with Gasteiger partial charge in [0.1, 0.15) is 30.0 Å². The van der Waals surface area contributed by atoms with Crippen LogP contribution < -0.4 is 10.6 Å². The molecule has 1 aromatic carbocycles. The number of hydrogen-bond donors (Lipinski definition) is 3. The molecule has 3 atom stereocenters. The van der Waals surface area contributed by atoms with Gasteiger partial charge in [-0.1, -0.05) is 51.7 Å². The molecule has 0 radical (unpaired) electrons. The lowest BCUT2D eigenvalue weighted by molar-refractivity contribution is -0.143. The van der Waals surface area contributed by atoms with E-state index in [9.17, 15) is 24.8 Å². The first-order valence-electron chi connectivity index (χ1n) is 12.7. The molecule has 1 aliphatic rings. The maximum absolute atomic E-state index is 13.9. The summed E-state index contributed by atoms with van der Waals surface area (Å²) in [5, 5.41) is 25.4. The van der Waals surface area contributed by atoms with Crippen molar-refractivity contribution in [3.63, 3.8) is 0 Å². The largest absolute Gasteiger partial charge is 0.508 e. The Balaban J connectivity index is 2.44. The molecule has 0 bridgehead atoms. The minimum absolute atomic E-state index is 0.0182. The summed E-state index contributed by atoms with van der Waals surface area (Å²) in [6, 6.07) is 5.93. The lowest BCUT2D eigenvalue weighted by Crippen LogP contribution is -2.55. The van der Waals surface area contributed by atoms with Gasteiger partial charge in [0.25, 0.3) is 0 Å². The number of phenols is 1. The predicted molar refractivity (Wildman–Crippen MR) is 136 cm³/mol. The molecule has 1 fully saturated rings. The molecule has 0 spiro atoms. The van der Waals surface area contributed by atoms with Gasteiger partial charge < -0.3 is 25.4 Å². The first-order chi connectivity index (χ1) is 17.0. The van der Waals surface area contributed by atoms with Gasteiger partial charge in [-0.3, -0.25) is 9.59 Å². The Labute approximate surface area is 214 Å². The summed E-state index contributed by atoms with van der Waals surface area (Å²) in [5.74, 6) is -1.34. The standard InChI is InChI=1S/C27H40N4O5/c1-6-18(2)22(30-26(35)36-27(3,4)5)25(34)31(16-15-28)23(19-11-10-14-21(32)17-19)24(33)29-20-12-8-7-9-13-20/h10-11,14,17-18,20,22-23,32H,6-9,12-13,16H2,1-5H3,(H,29,33)(H,30,35). The van der Waals surface area contributed by atoms with Gasteiger partial charge in [0, 0.05) is 6.04 Å². The van der Waals surface area contributed by atoms with Gasteiger partial charge in [0.2, 0.25) is 11.8 Å². The number of nitrogens with one attached hydrogen (secondary N) is 2. The number of amides is 3. The average molecular weight is 501 g/mol. The number of carbonyl (C=O) groups is 3. The van der Waals surface area contributed by atoms with Gasteiger partial charge in [-0.2, -0.15) is 5.26 Å².